The van der Waals surface area contributed by atoms with E-state index in [1.807, 2.05) is 0 Å². The molecule has 0 saturated carbocycles. The van der Waals surface area contributed by atoms with Crippen molar-refractivity contribution >= 4 is 17.9 Å². The molecule has 1 unspecified atom stereocenters. The highest BCUT2D eigenvalue weighted by Crippen LogP contribution is 2.15. The number of hydrogen-bond donors (Lipinski definition) is 0. The van der Waals surface area contributed by atoms with Crippen LogP contribution in [0.2, 0.25) is 0 Å². The van der Waals surface area contributed by atoms with E-state index < -0.39 is 6.10 Å². The molecule has 6 heteroatoms. The Morgan fingerprint density at radius 3 is 0.981 bits per heavy atom. The Hall–Kier alpha value is -1.85. The first-order chi connectivity index (χ1) is 25.5. The summed E-state index contributed by atoms with van der Waals surface area (Å²) in [5, 5.41) is 0. The minimum atomic E-state index is -0.762. The second-order valence-electron chi connectivity index (χ2n) is 15.3. The van der Waals surface area contributed by atoms with E-state index >= 15 is 0 Å². The number of esters is 3. The Kier molecular flexibility index (Phi) is 40.4. The van der Waals surface area contributed by atoms with Gasteiger partial charge in [0.25, 0.3) is 0 Å². The first-order valence-electron chi connectivity index (χ1n) is 22.7. The number of ether oxygens (including phenoxy) is 3. The molecule has 0 heterocycles. The number of unbranched alkanes of at least 4 members (excludes halogenated alkanes) is 28. The summed E-state index contributed by atoms with van der Waals surface area (Å²) in [7, 11) is 0. The molecule has 0 radical (unpaired) electrons. The van der Waals surface area contributed by atoms with Crippen molar-refractivity contribution in [2.75, 3.05) is 13.2 Å². The van der Waals surface area contributed by atoms with Gasteiger partial charge in [0.05, 0.1) is 0 Å². The Labute approximate surface area is 322 Å². The maximum Gasteiger partial charge on any atom is 0.306 e. The van der Waals surface area contributed by atoms with Crippen LogP contribution < -0.4 is 0 Å². The van der Waals surface area contributed by atoms with Crippen molar-refractivity contribution in [1.29, 1.82) is 0 Å². The van der Waals surface area contributed by atoms with Crippen LogP contribution in [0.1, 0.15) is 245 Å². The van der Waals surface area contributed by atoms with Crippen molar-refractivity contribution in [1.82, 2.24) is 0 Å². The van der Waals surface area contributed by atoms with Crippen LogP contribution in [0.15, 0.2) is 12.2 Å². The quantitative estimate of drug-likeness (QED) is 0.0269. The molecule has 306 valence electrons. The maximum absolute atomic E-state index is 12.7. The minimum absolute atomic E-state index is 0.0674. The highest BCUT2D eigenvalue weighted by Gasteiger charge is 2.19. The van der Waals surface area contributed by atoms with Gasteiger partial charge < -0.3 is 14.2 Å². The molecule has 0 aliphatic heterocycles. The summed E-state index contributed by atoms with van der Waals surface area (Å²) in [5.41, 5.74) is 0. The Bertz CT molecular complexity index is 809. The Morgan fingerprint density at radius 1 is 0.365 bits per heavy atom. The van der Waals surface area contributed by atoms with Crippen LogP contribution in [0.25, 0.3) is 0 Å². The van der Waals surface area contributed by atoms with Crippen LogP contribution in [0.4, 0.5) is 0 Å². The lowest BCUT2D eigenvalue weighted by atomic mass is 10.1. The number of carbonyl (C=O) groups excluding carboxylic acids is 3. The van der Waals surface area contributed by atoms with Crippen LogP contribution >= 0.6 is 0 Å². The van der Waals surface area contributed by atoms with E-state index in [0.717, 1.165) is 57.8 Å². The van der Waals surface area contributed by atoms with Gasteiger partial charge in [-0.25, -0.2) is 0 Å². The van der Waals surface area contributed by atoms with Gasteiger partial charge in [-0.15, -0.1) is 0 Å². The second kappa shape index (κ2) is 41.9. The summed E-state index contributed by atoms with van der Waals surface area (Å²) >= 11 is 0. The molecule has 0 bridgehead atoms. The molecule has 0 rings (SSSR count). The van der Waals surface area contributed by atoms with E-state index in [0.29, 0.717) is 19.3 Å². The lowest BCUT2D eigenvalue weighted by Crippen LogP contribution is -2.30. The molecule has 0 spiro atoms. The zero-order valence-electron chi connectivity index (χ0n) is 34.8. The van der Waals surface area contributed by atoms with Gasteiger partial charge in [-0.05, 0) is 44.9 Å². The first-order valence-corrected chi connectivity index (χ1v) is 22.7. The number of allylic oxidation sites excluding steroid dienone is 2. The van der Waals surface area contributed by atoms with Crippen molar-refractivity contribution in [2.24, 2.45) is 0 Å². The molecule has 52 heavy (non-hydrogen) atoms. The van der Waals surface area contributed by atoms with Crippen LogP contribution in [0.3, 0.4) is 0 Å². The zero-order valence-corrected chi connectivity index (χ0v) is 34.8. The van der Waals surface area contributed by atoms with Crippen LogP contribution in [-0.4, -0.2) is 37.2 Å². The molecule has 0 amide bonds. The zero-order chi connectivity index (χ0) is 38.0. The normalized spacial score (nSPS) is 12.0. The first kappa shape index (κ1) is 50.1. The smallest absolute Gasteiger partial charge is 0.306 e. The third-order valence-electron chi connectivity index (χ3n) is 10.0. The van der Waals surface area contributed by atoms with Gasteiger partial charge in [0, 0.05) is 19.3 Å². The molecule has 0 saturated heterocycles. The molecule has 0 aromatic rings. The predicted octanol–water partition coefficient (Wildman–Crippen LogP) is 14.3. The van der Waals surface area contributed by atoms with Gasteiger partial charge in [-0.1, -0.05) is 193 Å². The van der Waals surface area contributed by atoms with E-state index in [1.165, 1.54) is 148 Å². The minimum Gasteiger partial charge on any atom is -0.462 e. The standard InChI is InChI=1S/C46H86O6/c1-4-7-10-13-16-19-21-22-23-24-25-28-30-33-36-39-45(48)51-42-43(41-50-44(47)38-35-32-29-26-18-15-12-9-6-3)52-46(49)40-37-34-31-27-20-17-14-11-8-5-2/h19,21,43H,4-18,20,22-42H2,1-3H3/b21-19-. The van der Waals surface area contributed by atoms with Crippen LogP contribution in [-0.2, 0) is 28.6 Å². The summed E-state index contributed by atoms with van der Waals surface area (Å²) in [4.78, 5) is 37.6. The highest BCUT2D eigenvalue weighted by molar-refractivity contribution is 5.71. The van der Waals surface area contributed by atoms with Crippen molar-refractivity contribution in [3.05, 3.63) is 12.2 Å². The fourth-order valence-electron chi connectivity index (χ4n) is 6.55. The fourth-order valence-corrected chi connectivity index (χ4v) is 6.55. The lowest BCUT2D eigenvalue weighted by molar-refractivity contribution is -0.167. The lowest BCUT2D eigenvalue weighted by Gasteiger charge is -2.18. The second-order valence-corrected chi connectivity index (χ2v) is 15.3. The molecular weight excluding hydrogens is 648 g/mol. The molecule has 0 N–H and O–H groups in total. The third kappa shape index (κ3) is 39.4. The largest absolute Gasteiger partial charge is 0.462 e. The van der Waals surface area contributed by atoms with Crippen LogP contribution in [0.5, 0.6) is 0 Å². The average Bonchev–Trinajstić information content (AvgIpc) is 3.14. The summed E-state index contributed by atoms with van der Waals surface area (Å²) in [5.74, 6) is -0.869. The van der Waals surface area contributed by atoms with Gasteiger partial charge in [0.15, 0.2) is 6.10 Å². The summed E-state index contributed by atoms with van der Waals surface area (Å²) in [6.45, 7) is 6.60. The topological polar surface area (TPSA) is 78.9 Å². The molecule has 0 fully saturated rings. The van der Waals surface area contributed by atoms with E-state index in [9.17, 15) is 14.4 Å². The molecule has 0 aliphatic carbocycles. The summed E-state index contributed by atoms with van der Waals surface area (Å²) < 4.78 is 16.7. The SMILES string of the molecule is CCCCCC/C=C\CCCCCCCCCC(=O)OCC(COC(=O)CCCCCCCCCCC)OC(=O)CCCCCCCCCCCC. The number of rotatable bonds is 41. The molecule has 1 atom stereocenters. The monoisotopic (exact) mass is 735 g/mol. The molecular formula is C46H86O6. The van der Waals surface area contributed by atoms with E-state index in [2.05, 4.69) is 32.9 Å². The summed E-state index contributed by atoms with van der Waals surface area (Å²) in [6.07, 6.45) is 43.3. The van der Waals surface area contributed by atoms with Crippen molar-refractivity contribution in [2.45, 2.75) is 252 Å². The highest BCUT2D eigenvalue weighted by atomic mass is 16.6. The Morgan fingerprint density at radius 2 is 0.635 bits per heavy atom. The summed E-state index contributed by atoms with van der Waals surface area (Å²) in [6, 6.07) is 0. The van der Waals surface area contributed by atoms with Gasteiger partial charge in [0.2, 0.25) is 0 Å². The average molecular weight is 735 g/mol. The molecule has 6 nitrogen and oxygen atoms in total. The molecule has 0 aromatic carbocycles. The molecule has 0 aliphatic rings. The van der Waals surface area contributed by atoms with E-state index in [4.69, 9.17) is 14.2 Å². The number of carbonyl (C=O) groups is 3. The van der Waals surface area contributed by atoms with E-state index in [-0.39, 0.29) is 31.1 Å². The maximum atomic E-state index is 12.7. The van der Waals surface area contributed by atoms with Gasteiger partial charge in [0.1, 0.15) is 13.2 Å². The van der Waals surface area contributed by atoms with Gasteiger partial charge >= 0.3 is 17.9 Å². The predicted molar refractivity (Wildman–Crippen MR) is 220 cm³/mol. The number of hydrogen-bond acceptors (Lipinski definition) is 6. The van der Waals surface area contributed by atoms with Crippen molar-refractivity contribution < 1.29 is 28.6 Å². The van der Waals surface area contributed by atoms with E-state index in [1.54, 1.807) is 0 Å². The van der Waals surface area contributed by atoms with Crippen molar-refractivity contribution in [3.8, 4) is 0 Å². The van der Waals surface area contributed by atoms with Crippen molar-refractivity contribution in [3.63, 3.8) is 0 Å². The Balaban J connectivity index is 4.30. The fraction of sp³-hybridized carbons (Fsp3) is 0.891. The molecule has 0 aromatic heterocycles. The third-order valence-corrected chi connectivity index (χ3v) is 10.0. The van der Waals surface area contributed by atoms with Gasteiger partial charge in [-0.2, -0.15) is 0 Å². The van der Waals surface area contributed by atoms with Crippen LogP contribution in [0, 0.1) is 0 Å². The van der Waals surface area contributed by atoms with Gasteiger partial charge in [-0.3, -0.25) is 14.4 Å².